The first-order chi connectivity index (χ1) is 8.70. The summed E-state index contributed by atoms with van der Waals surface area (Å²) in [5.74, 6) is 0. The van der Waals surface area contributed by atoms with Crippen molar-refractivity contribution in [2.45, 2.75) is 20.0 Å². The van der Waals surface area contributed by atoms with Gasteiger partial charge in [-0.15, -0.1) is 0 Å². The quantitative estimate of drug-likeness (QED) is 0.919. The summed E-state index contributed by atoms with van der Waals surface area (Å²) in [7, 11) is 0. The summed E-state index contributed by atoms with van der Waals surface area (Å²) in [5.41, 5.74) is 1.96. The highest BCUT2D eigenvalue weighted by molar-refractivity contribution is 6.31. The molecule has 0 aliphatic carbocycles. The Morgan fingerprint density at radius 1 is 1.22 bits per heavy atom. The first kappa shape index (κ1) is 12.7. The third kappa shape index (κ3) is 2.93. The van der Waals surface area contributed by atoms with Gasteiger partial charge < -0.3 is 9.88 Å². The van der Waals surface area contributed by atoms with Crippen LogP contribution in [-0.2, 0) is 13.1 Å². The molecule has 0 bridgehead atoms. The molecular weight excluding hydrogens is 248 g/mol. The fourth-order valence-electron chi connectivity index (χ4n) is 1.72. The van der Waals surface area contributed by atoms with Crippen molar-refractivity contribution < 1.29 is 0 Å². The molecule has 94 valence electrons. The number of rotatable bonds is 4. The number of halogens is 1. The van der Waals surface area contributed by atoms with Crippen LogP contribution in [-0.4, -0.2) is 4.57 Å². The van der Waals surface area contributed by atoms with E-state index in [1.807, 2.05) is 37.4 Å². The Hall–Kier alpha value is -1.74. The van der Waals surface area contributed by atoms with Crippen molar-refractivity contribution in [3.05, 3.63) is 63.5 Å². The molecule has 0 saturated carbocycles. The minimum absolute atomic E-state index is 0.0146. The van der Waals surface area contributed by atoms with Crippen LogP contribution < -0.4 is 10.9 Å². The van der Waals surface area contributed by atoms with E-state index in [0.717, 1.165) is 16.3 Å². The highest BCUT2D eigenvalue weighted by atomic mass is 35.5. The van der Waals surface area contributed by atoms with Crippen molar-refractivity contribution in [3.8, 4) is 0 Å². The van der Waals surface area contributed by atoms with Crippen LogP contribution in [0.1, 0.15) is 12.5 Å². The zero-order valence-electron chi connectivity index (χ0n) is 10.2. The average molecular weight is 263 g/mol. The summed E-state index contributed by atoms with van der Waals surface area (Å²) in [6, 6.07) is 11.1. The van der Waals surface area contributed by atoms with Crippen molar-refractivity contribution in [2.24, 2.45) is 0 Å². The molecule has 18 heavy (non-hydrogen) atoms. The van der Waals surface area contributed by atoms with E-state index in [4.69, 9.17) is 11.6 Å². The van der Waals surface area contributed by atoms with Gasteiger partial charge in [-0.25, -0.2) is 0 Å². The molecule has 0 spiro atoms. The molecule has 0 saturated heterocycles. The van der Waals surface area contributed by atoms with Crippen LogP contribution in [0.25, 0.3) is 0 Å². The number of aromatic nitrogens is 1. The van der Waals surface area contributed by atoms with Crippen LogP contribution in [0.2, 0.25) is 5.02 Å². The summed E-state index contributed by atoms with van der Waals surface area (Å²) in [4.78, 5) is 11.4. The molecule has 0 fully saturated rings. The number of nitrogens with zero attached hydrogens (tertiary/aromatic N) is 1. The topological polar surface area (TPSA) is 34.0 Å². The van der Waals surface area contributed by atoms with E-state index in [1.54, 1.807) is 16.7 Å². The summed E-state index contributed by atoms with van der Waals surface area (Å²) in [6.45, 7) is 3.25. The maximum absolute atomic E-state index is 11.4. The number of hydrogen-bond donors (Lipinski definition) is 1. The zero-order chi connectivity index (χ0) is 13.0. The van der Waals surface area contributed by atoms with E-state index in [9.17, 15) is 4.79 Å². The first-order valence-electron chi connectivity index (χ1n) is 5.88. The molecule has 1 aromatic heterocycles. The highest BCUT2D eigenvalue weighted by Crippen LogP contribution is 2.16. The van der Waals surface area contributed by atoms with Crippen molar-refractivity contribution in [1.82, 2.24) is 4.57 Å². The van der Waals surface area contributed by atoms with Gasteiger partial charge in [0.15, 0.2) is 0 Å². The van der Waals surface area contributed by atoms with Crippen LogP contribution in [0.4, 0.5) is 5.69 Å². The Morgan fingerprint density at radius 2 is 2.00 bits per heavy atom. The van der Waals surface area contributed by atoms with Crippen LogP contribution in [0.15, 0.2) is 47.4 Å². The smallest absolute Gasteiger partial charge is 0.250 e. The monoisotopic (exact) mass is 262 g/mol. The molecule has 0 amide bonds. The predicted octanol–water partition coefficient (Wildman–Crippen LogP) is 3.13. The van der Waals surface area contributed by atoms with Crippen LogP contribution in [0.3, 0.4) is 0 Å². The summed E-state index contributed by atoms with van der Waals surface area (Å²) >= 11 is 6.08. The number of nitrogens with one attached hydrogen (secondary N) is 1. The fraction of sp³-hybridized carbons (Fsp3) is 0.214. The van der Waals surface area contributed by atoms with E-state index in [2.05, 4.69) is 5.32 Å². The van der Waals surface area contributed by atoms with Gasteiger partial charge in [-0.3, -0.25) is 4.79 Å². The standard InChI is InChI=1S/C14H15ClN2O/c1-2-17-10-12(7-8-14(17)18)16-9-11-5-3-4-6-13(11)15/h3-8,10,16H,2,9H2,1H3. The lowest BCUT2D eigenvalue weighted by atomic mass is 10.2. The van der Waals surface area contributed by atoms with Crippen LogP contribution in [0, 0.1) is 0 Å². The first-order valence-corrected chi connectivity index (χ1v) is 6.26. The Labute approximate surface area is 111 Å². The van der Waals surface area contributed by atoms with E-state index in [-0.39, 0.29) is 5.56 Å². The average Bonchev–Trinajstić information content (AvgIpc) is 2.39. The van der Waals surface area contributed by atoms with Gasteiger partial charge in [0.1, 0.15) is 0 Å². The molecule has 3 nitrogen and oxygen atoms in total. The summed E-state index contributed by atoms with van der Waals surface area (Å²) < 4.78 is 1.66. The van der Waals surface area contributed by atoms with Gasteiger partial charge in [0.2, 0.25) is 0 Å². The molecule has 1 aromatic carbocycles. The molecule has 1 heterocycles. The van der Waals surface area contributed by atoms with Gasteiger partial charge in [-0.05, 0) is 24.6 Å². The molecule has 0 aliphatic rings. The van der Waals surface area contributed by atoms with E-state index < -0.39 is 0 Å². The number of aryl methyl sites for hydroxylation is 1. The Balaban J connectivity index is 2.11. The Morgan fingerprint density at radius 3 is 2.72 bits per heavy atom. The van der Waals surface area contributed by atoms with E-state index in [0.29, 0.717) is 13.1 Å². The molecular formula is C14H15ClN2O. The molecule has 0 atom stereocenters. The normalized spacial score (nSPS) is 10.3. The van der Waals surface area contributed by atoms with Crippen molar-refractivity contribution in [3.63, 3.8) is 0 Å². The molecule has 4 heteroatoms. The lowest BCUT2D eigenvalue weighted by Crippen LogP contribution is -2.17. The van der Waals surface area contributed by atoms with Crippen LogP contribution >= 0.6 is 11.6 Å². The van der Waals surface area contributed by atoms with Crippen molar-refractivity contribution in [1.29, 1.82) is 0 Å². The molecule has 0 radical (unpaired) electrons. The molecule has 2 aromatic rings. The Bertz CT molecular complexity index is 592. The minimum atomic E-state index is 0.0146. The lowest BCUT2D eigenvalue weighted by Gasteiger charge is -2.09. The van der Waals surface area contributed by atoms with Crippen molar-refractivity contribution >= 4 is 17.3 Å². The lowest BCUT2D eigenvalue weighted by molar-refractivity contribution is 0.727. The largest absolute Gasteiger partial charge is 0.380 e. The molecule has 2 rings (SSSR count). The van der Waals surface area contributed by atoms with E-state index in [1.165, 1.54) is 0 Å². The zero-order valence-corrected chi connectivity index (χ0v) is 10.9. The van der Waals surface area contributed by atoms with Gasteiger partial charge in [0.25, 0.3) is 5.56 Å². The minimum Gasteiger partial charge on any atom is -0.380 e. The highest BCUT2D eigenvalue weighted by Gasteiger charge is 2.00. The van der Waals surface area contributed by atoms with Crippen molar-refractivity contribution in [2.75, 3.05) is 5.32 Å². The summed E-state index contributed by atoms with van der Waals surface area (Å²) in [6.07, 6.45) is 1.82. The van der Waals surface area contributed by atoms with E-state index >= 15 is 0 Å². The van der Waals surface area contributed by atoms with Gasteiger partial charge in [0, 0.05) is 30.4 Å². The van der Waals surface area contributed by atoms with Gasteiger partial charge in [0.05, 0.1) is 5.69 Å². The number of pyridine rings is 1. The second kappa shape index (κ2) is 5.74. The van der Waals surface area contributed by atoms with Crippen LogP contribution in [0.5, 0.6) is 0 Å². The molecule has 0 aliphatic heterocycles. The SMILES string of the molecule is CCn1cc(NCc2ccccc2Cl)ccc1=O. The number of anilines is 1. The third-order valence-electron chi connectivity index (χ3n) is 2.76. The maximum atomic E-state index is 11.4. The molecule has 1 N–H and O–H groups in total. The maximum Gasteiger partial charge on any atom is 0.250 e. The predicted molar refractivity (Wildman–Crippen MR) is 75.2 cm³/mol. The second-order valence-corrected chi connectivity index (χ2v) is 4.39. The Kier molecular flexibility index (Phi) is 4.05. The second-order valence-electron chi connectivity index (χ2n) is 3.99. The number of benzene rings is 1. The van der Waals surface area contributed by atoms with Gasteiger partial charge >= 0.3 is 0 Å². The van der Waals surface area contributed by atoms with Gasteiger partial charge in [-0.1, -0.05) is 29.8 Å². The third-order valence-corrected chi connectivity index (χ3v) is 3.13. The number of hydrogen-bond acceptors (Lipinski definition) is 2. The summed E-state index contributed by atoms with van der Waals surface area (Å²) in [5, 5.41) is 4.00. The van der Waals surface area contributed by atoms with Gasteiger partial charge in [-0.2, -0.15) is 0 Å². The molecule has 0 unspecified atom stereocenters. The fourth-order valence-corrected chi connectivity index (χ4v) is 1.92.